The highest BCUT2D eigenvalue weighted by Gasteiger charge is 2.46. The zero-order valence-electron chi connectivity index (χ0n) is 17.8. The molecule has 3 aliphatic rings. The van der Waals surface area contributed by atoms with Crippen LogP contribution in [0.2, 0.25) is 0 Å². The third-order valence-corrected chi connectivity index (χ3v) is 6.40. The summed E-state index contributed by atoms with van der Waals surface area (Å²) in [6.45, 7) is 3.13. The van der Waals surface area contributed by atoms with Gasteiger partial charge in [0.15, 0.2) is 0 Å². The van der Waals surface area contributed by atoms with Crippen LogP contribution in [0.1, 0.15) is 23.7 Å². The molecule has 0 radical (unpaired) electrons. The molecule has 33 heavy (non-hydrogen) atoms. The maximum absolute atomic E-state index is 14.0. The van der Waals surface area contributed by atoms with Crippen LogP contribution < -0.4 is 5.32 Å². The summed E-state index contributed by atoms with van der Waals surface area (Å²) >= 11 is 0. The number of piperidine rings is 1. The molecule has 1 aromatic heterocycles. The topological polar surface area (TPSA) is 66.3 Å². The van der Waals surface area contributed by atoms with Crippen molar-refractivity contribution in [3.8, 4) is 5.69 Å². The van der Waals surface area contributed by atoms with Crippen LogP contribution in [0.25, 0.3) is 5.69 Å². The number of rotatable bonds is 3. The van der Waals surface area contributed by atoms with Gasteiger partial charge in [-0.3, -0.25) is 4.79 Å². The smallest absolute Gasteiger partial charge is 0.366 e. The number of carbonyl (C=O) groups is 1. The number of allylic oxidation sites excluding steroid dienone is 2. The Morgan fingerprint density at radius 3 is 2.67 bits per heavy atom. The summed E-state index contributed by atoms with van der Waals surface area (Å²) in [5.74, 6) is -0.208. The number of fused-ring (bicyclic) bond motifs is 1. The lowest BCUT2D eigenvalue weighted by molar-refractivity contribution is -0.0896. The number of carbonyl (C=O) groups excluding carboxylic acids is 1. The number of dihydropyridines is 1. The summed E-state index contributed by atoms with van der Waals surface area (Å²) in [6, 6.07) is 3.29. The van der Waals surface area contributed by atoms with Gasteiger partial charge in [0.25, 0.3) is 5.91 Å². The number of hydrogen-bond donors (Lipinski definition) is 1. The summed E-state index contributed by atoms with van der Waals surface area (Å²) < 4.78 is 53.9. The van der Waals surface area contributed by atoms with Crippen molar-refractivity contribution >= 4 is 5.91 Å². The number of alkyl halides is 3. The fourth-order valence-electron chi connectivity index (χ4n) is 4.75. The molecule has 2 aromatic rings. The van der Waals surface area contributed by atoms with Crippen molar-refractivity contribution in [3.63, 3.8) is 0 Å². The third-order valence-electron chi connectivity index (χ3n) is 6.40. The molecule has 5 rings (SSSR count). The second-order valence-corrected chi connectivity index (χ2v) is 8.58. The van der Waals surface area contributed by atoms with Crippen molar-refractivity contribution in [2.24, 2.45) is 5.92 Å². The van der Waals surface area contributed by atoms with Crippen molar-refractivity contribution < 1.29 is 22.4 Å². The predicted octanol–water partition coefficient (Wildman–Crippen LogP) is 2.87. The minimum absolute atomic E-state index is 0.110. The van der Waals surface area contributed by atoms with E-state index in [2.05, 4.69) is 15.5 Å². The van der Waals surface area contributed by atoms with Gasteiger partial charge in [0, 0.05) is 31.6 Å². The van der Waals surface area contributed by atoms with Gasteiger partial charge in [-0.25, -0.2) is 4.39 Å². The van der Waals surface area contributed by atoms with E-state index in [1.165, 1.54) is 35.4 Å². The maximum atomic E-state index is 14.0. The molecule has 3 aliphatic heterocycles. The molecular weight excluding hydrogens is 440 g/mol. The molecule has 1 aromatic carbocycles. The molecule has 0 aliphatic carbocycles. The second kappa shape index (κ2) is 7.89. The van der Waals surface area contributed by atoms with E-state index in [9.17, 15) is 22.4 Å². The molecule has 1 amide bonds. The average Bonchev–Trinajstić information content (AvgIpc) is 3.28. The average molecular weight is 462 g/mol. The first kappa shape index (κ1) is 21.5. The van der Waals surface area contributed by atoms with Crippen LogP contribution in [0.3, 0.4) is 0 Å². The Morgan fingerprint density at radius 1 is 1.18 bits per heavy atom. The van der Waals surface area contributed by atoms with Crippen LogP contribution in [0.15, 0.2) is 54.1 Å². The molecule has 7 nitrogen and oxygen atoms in total. The lowest BCUT2D eigenvalue weighted by atomic mass is 9.81. The molecule has 4 heterocycles. The second-order valence-electron chi connectivity index (χ2n) is 8.58. The molecule has 0 bridgehead atoms. The van der Waals surface area contributed by atoms with Crippen LogP contribution in [0.4, 0.5) is 17.6 Å². The van der Waals surface area contributed by atoms with Gasteiger partial charge < -0.3 is 15.1 Å². The fourth-order valence-corrected chi connectivity index (χ4v) is 4.75. The first-order chi connectivity index (χ1) is 15.7. The first-order valence-corrected chi connectivity index (χ1v) is 10.7. The van der Waals surface area contributed by atoms with Crippen LogP contribution in [-0.2, 0) is 0 Å². The van der Waals surface area contributed by atoms with Crippen LogP contribution in [-0.4, -0.2) is 68.6 Å². The van der Waals surface area contributed by atoms with Crippen molar-refractivity contribution in [3.05, 3.63) is 65.5 Å². The van der Waals surface area contributed by atoms with Gasteiger partial charge in [0.2, 0.25) is 0 Å². The molecule has 11 heteroatoms. The molecule has 0 saturated carbocycles. The highest BCUT2D eigenvalue weighted by atomic mass is 19.4. The van der Waals surface area contributed by atoms with Crippen molar-refractivity contribution in [1.29, 1.82) is 0 Å². The molecule has 2 fully saturated rings. The number of halogens is 4. The molecule has 174 valence electrons. The monoisotopic (exact) mass is 462 g/mol. The highest BCUT2D eigenvalue weighted by molar-refractivity contribution is 5.97. The number of hydrogen-bond acceptors (Lipinski definition) is 5. The lowest BCUT2D eigenvalue weighted by Crippen LogP contribution is -2.65. The molecule has 1 N–H and O–H groups in total. The van der Waals surface area contributed by atoms with Gasteiger partial charge >= 0.3 is 6.18 Å². The van der Waals surface area contributed by atoms with Crippen molar-refractivity contribution in [2.45, 2.75) is 31.6 Å². The zero-order valence-corrected chi connectivity index (χ0v) is 17.8. The maximum Gasteiger partial charge on any atom is 0.416 e. The number of nitrogens with one attached hydrogen (secondary N) is 1. The van der Waals surface area contributed by atoms with E-state index >= 15 is 0 Å². The largest absolute Gasteiger partial charge is 0.416 e. The van der Waals surface area contributed by atoms with Gasteiger partial charge in [-0.05, 0) is 37.6 Å². The van der Waals surface area contributed by atoms with Crippen LogP contribution in [0.5, 0.6) is 0 Å². The molecule has 3 unspecified atom stereocenters. The van der Waals surface area contributed by atoms with E-state index in [-0.39, 0.29) is 23.4 Å². The van der Waals surface area contributed by atoms with E-state index in [0.29, 0.717) is 31.1 Å². The van der Waals surface area contributed by atoms with Gasteiger partial charge in [0.1, 0.15) is 11.6 Å². The minimum Gasteiger partial charge on any atom is -0.366 e. The van der Waals surface area contributed by atoms with E-state index in [1.807, 2.05) is 4.90 Å². The molecule has 3 atom stereocenters. The van der Waals surface area contributed by atoms with E-state index in [1.54, 1.807) is 11.8 Å². The number of nitrogens with zero attached hydrogens (tertiary/aromatic N) is 5. The quantitative estimate of drug-likeness (QED) is 0.711. The summed E-state index contributed by atoms with van der Waals surface area (Å²) in [6.07, 6.45) is 1.52. The normalized spacial score (nSPS) is 24.9. The summed E-state index contributed by atoms with van der Waals surface area (Å²) in [7, 11) is 0. The first-order valence-electron chi connectivity index (χ1n) is 10.7. The number of aromatic nitrogens is 3. The molecule has 0 spiro atoms. The van der Waals surface area contributed by atoms with Gasteiger partial charge in [-0.1, -0.05) is 6.08 Å². The number of likely N-dealkylation sites (tertiary alicyclic amines) is 2. The predicted molar refractivity (Wildman–Crippen MR) is 111 cm³/mol. The third kappa shape index (κ3) is 3.96. The standard InChI is InChI=1S/C22H22F4N6O/c1-13-8-15(22(24,25)26)9-20(29-13)31-11-14-4-7-30(12-19(14)31)21(33)17-10-16(23)2-3-18(17)32-27-5-6-28-32/h2-3,5-6,8-10,13-14,19,29H,4,7,11-12H2,1H3. The van der Waals surface area contributed by atoms with Crippen LogP contribution >= 0.6 is 0 Å². The van der Waals surface area contributed by atoms with E-state index < -0.39 is 23.6 Å². The Balaban J connectivity index is 1.37. The summed E-state index contributed by atoms with van der Waals surface area (Å²) in [5.41, 5.74) is -0.169. The van der Waals surface area contributed by atoms with Gasteiger partial charge in [-0.2, -0.15) is 28.2 Å². The Kier molecular flexibility index (Phi) is 5.13. The van der Waals surface area contributed by atoms with E-state index in [4.69, 9.17) is 0 Å². The van der Waals surface area contributed by atoms with Gasteiger partial charge in [0.05, 0.1) is 35.3 Å². The highest BCUT2D eigenvalue weighted by Crippen LogP contribution is 2.38. The number of benzene rings is 1. The Labute approximate surface area is 187 Å². The fraction of sp³-hybridized carbons (Fsp3) is 0.409. The van der Waals surface area contributed by atoms with E-state index in [0.717, 1.165) is 18.6 Å². The molecular formula is C22H22F4N6O. The summed E-state index contributed by atoms with van der Waals surface area (Å²) in [5, 5.41) is 11.2. The van der Waals surface area contributed by atoms with Gasteiger partial charge in [-0.15, -0.1) is 0 Å². The minimum atomic E-state index is -4.42. The van der Waals surface area contributed by atoms with Crippen molar-refractivity contribution in [2.75, 3.05) is 19.6 Å². The number of amides is 1. The lowest BCUT2D eigenvalue weighted by Gasteiger charge is -2.55. The van der Waals surface area contributed by atoms with Crippen LogP contribution in [0, 0.1) is 11.7 Å². The Bertz CT molecular complexity index is 1130. The zero-order chi connectivity index (χ0) is 23.3. The Morgan fingerprint density at radius 2 is 1.94 bits per heavy atom. The molecule has 2 saturated heterocycles. The Hall–Kier alpha value is -3.37. The van der Waals surface area contributed by atoms with Crippen molar-refractivity contribution in [1.82, 2.24) is 30.1 Å². The summed E-state index contributed by atoms with van der Waals surface area (Å²) in [4.78, 5) is 18.1. The SMILES string of the molecule is CC1C=C(C(F)(F)F)C=C(N2CC3CCN(C(=O)c4cc(F)ccc4-n4nccn4)CC32)N1.